The van der Waals surface area contributed by atoms with Crippen LogP contribution in [0.3, 0.4) is 0 Å². The number of nitrogens with zero attached hydrogens (tertiary/aromatic N) is 1. The minimum atomic E-state index is -0.946. The molecule has 0 radical (unpaired) electrons. The molecule has 1 atom stereocenters. The summed E-state index contributed by atoms with van der Waals surface area (Å²) in [7, 11) is 2.93. The monoisotopic (exact) mass is 357 g/mol. The normalized spacial score (nSPS) is 11.4. The van der Waals surface area contributed by atoms with E-state index in [-0.39, 0.29) is 17.2 Å². The zero-order chi connectivity index (χ0) is 19.1. The molecule has 0 aliphatic heterocycles. The van der Waals surface area contributed by atoms with Crippen LogP contribution in [0.5, 0.6) is 11.5 Å². The summed E-state index contributed by atoms with van der Waals surface area (Å²) in [6.07, 6.45) is -0.946. The summed E-state index contributed by atoms with van der Waals surface area (Å²) in [6, 6.07) is 14.1. The molecule has 0 N–H and O–H groups in total. The Bertz CT molecular complexity index is 760. The first-order chi connectivity index (χ1) is 12.5. The van der Waals surface area contributed by atoms with Gasteiger partial charge in [-0.2, -0.15) is 0 Å². The molecule has 0 aromatic heterocycles. The number of hydrogen-bond donors (Lipinski definition) is 0. The Hall–Kier alpha value is -3.02. The second-order valence-corrected chi connectivity index (χ2v) is 5.51. The molecular formula is C20H23NO5. The third kappa shape index (κ3) is 4.14. The largest absolute Gasteiger partial charge is 0.493 e. The summed E-state index contributed by atoms with van der Waals surface area (Å²) in [5, 5.41) is 0. The van der Waals surface area contributed by atoms with Gasteiger partial charge in [-0.1, -0.05) is 24.3 Å². The fraction of sp³-hybridized carbons (Fsp3) is 0.300. The van der Waals surface area contributed by atoms with Gasteiger partial charge >= 0.3 is 5.97 Å². The number of esters is 1. The molecule has 0 unspecified atom stereocenters. The fourth-order valence-corrected chi connectivity index (χ4v) is 2.62. The maximum atomic E-state index is 12.7. The quantitative estimate of drug-likeness (QED) is 0.712. The van der Waals surface area contributed by atoms with Gasteiger partial charge in [-0.15, -0.1) is 0 Å². The van der Waals surface area contributed by atoms with Gasteiger partial charge in [-0.25, -0.2) is 4.79 Å². The van der Waals surface area contributed by atoms with E-state index in [0.29, 0.717) is 12.3 Å². The summed E-state index contributed by atoms with van der Waals surface area (Å²) in [5.41, 5.74) is 0.955. The lowest BCUT2D eigenvalue weighted by Crippen LogP contribution is -2.40. The molecule has 2 aromatic carbocycles. The van der Waals surface area contributed by atoms with Gasteiger partial charge in [-0.05, 0) is 38.1 Å². The molecule has 138 valence electrons. The first-order valence-electron chi connectivity index (χ1n) is 8.31. The second-order valence-electron chi connectivity index (χ2n) is 5.51. The number of para-hydroxylation sites is 2. The number of amides is 1. The van der Waals surface area contributed by atoms with Crippen molar-refractivity contribution in [3.05, 3.63) is 54.1 Å². The van der Waals surface area contributed by atoms with Crippen LogP contribution in [0.2, 0.25) is 0 Å². The summed E-state index contributed by atoms with van der Waals surface area (Å²) >= 11 is 0. The number of benzene rings is 2. The zero-order valence-electron chi connectivity index (χ0n) is 15.4. The van der Waals surface area contributed by atoms with Gasteiger partial charge in [0.2, 0.25) is 0 Å². The summed E-state index contributed by atoms with van der Waals surface area (Å²) in [4.78, 5) is 26.8. The van der Waals surface area contributed by atoms with Crippen molar-refractivity contribution in [2.24, 2.45) is 0 Å². The van der Waals surface area contributed by atoms with Crippen LogP contribution in [0.4, 0.5) is 5.69 Å². The SMILES string of the molecule is CCN(C(=O)[C@@H](C)OC(=O)c1cccc(OC)c1OC)c1ccccc1. The Morgan fingerprint density at radius 2 is 1.69 bits per heavy atom. The van der Waals surface area contributed by atoms with Gasteiger partial charge < -0.3 is 19.1 Å². The number of anilines is 1. The molecule has 1 amide bonds. The molecule has 0 bridgehead atoms. The lowest BCUT2D eigenvalue weighted by Gasteiger charge is -2.24. The van der Waals surface area contributed by atoms with Crippen LogP contribution < -0.4 is 14.4 Å². The van der Waals surface area contributed by atoms with Crippen molar-refractivity contribution >= 4 is 17.6 Å². The van der Waals surface area contributed by atoms with Gasteiger partial charge in [0.05, 0.1) is 14.2 Å². The Labute approximate surface area is 153 Å². The van der Waals surface area contributed by atoms with Crippen molar-refractivity contribution in [3.8, 4) is 11.5 Å². The predicted octanol–water partition coefficient (Wildman–Crippen LogP) is 3.30. The molecule has 0 aliphatic rings. The number of carbonyl (C=O) groups excluding carboxylic acids is 2. The molecule has 2 aromatic rings. The maximum absolute atomic E-state index is 12.7. The van der Waals surface area contributed by atoms with E-state index in [9.17, 15) is 9.59 Å². The summed E-state index contributed by atoms with van der Waals surface area (Å²) in [5.74, 6) is -0.255. The van der Waals surface area contributed by atoms with Crippen LogP contribution in [0.1, 0.15) is 24.2 Å². The molecule has 6 nitrogen and oxygen atoms in total. The molecule has 0 saturated heterocycles. The van der Waals surface area contributed by atoms with Crippen LogP contribution in [-0.4, -0.2) is 38.7 Å². The molecule has 0 aliphatic carbocycles. The number of hydrogen-bond acceptors (Lipinski definition) is 5. The maximum Gasteiger partial charge on any atom is 0.342 e. The minimum absolute atomic E-state index is 0.203. The first kappa shape index (κ1) is 19.3. The average Bonchev–Trinajstić information content (AvgIpc) is 2.68. The van der Waals surface area contributed by atoms with Crippen molar-refractivity contribution in [1.82, 2.24) is 0 Å². The molecular weight excluding hydrogens is 334 g/mol. The number of rotatable bonds is 7. The average molecular weight is 357 g/mol. The molecule has 6 heteroatoms. The van der Waals surface area contributed by atoms with Crippen molar-refractivity contribution in [2.75, 3.05) is 25.7 Å². The zero-order valence-corrected chi connectivity index (χ0v) is 15.4. The fourth-order valence-electron chi connectivity index (χ4n) is 2.62. The van der Waals surface area contributed by atoms with Crippen LogP contribution in [0, 0.1) is 0 Å². The van der Waals surface area contributed by atoms with Crippen molar-refractivity contribution in [1.29, 1.82) is 0 Å². The van der Waals surface area contributed by atoms with Crippen LogP contribution in [0.25, 0.3) is 0 Å². The molecule has 26 heavy (non-hydrogen) atoms. The lowest BCUT2D eigenvalue weighted by molar-refractivity contribution is -0.126. The molecule has 0 spiro atoms. The van der Waals surface area contributed by atoms with E-state index in [1.165, 1.54) is 14.2 Å². The molecule has 0 fully saturated rings. The van der Waals surface area contributed by atoms with Crippen molar-refractivity contribution < 1.29 is 23.8 Å². The van der Waals surface area contributed by atoms with E-state index >= 15 is 0 Å². The van der Waals surface area contributed by atoms with E-state index in [2.05, 4.69) is 0 Å². The van der Waals surface area contributed by atoms with Gasteiger partial charge in [0, 0.05) is 12.2 Å². The van der Waals surface area contributed by atoms with E-state index in [4.69, 9.17) is 14.2 Å². The molecule has 0 saturated carbocycles. The van der Waals surface area contributed by atoms with E-state index in [1.54, 1.807) is 30.0 Å². The van der Waals surface area contributed by atoms with Crippen molar-refractivity contribution in [2.45, 2.75) is 20.0 Å². The van der Waals surface area contributed by atoms with Gasteiger partial charge in [0.25, 0.3) is 5.91 Å². The standard InChI is InChI=1S/C20H23NO5/c1-5-21(15-10-7-6-8-11-15)19(22)14(2)26-20(23)16-12-9-13-17(24-3)18(16)25-4/h6-14H,5H2,1-4H3/t14-/m1/s1. The van der Waals surface area contributed by atoms with Crippen LogP contribution in [0.15, 0.2) is 48.5 Å². The van der Waals surface area contributed by atoms with Crippen LogP contribution >= 0.6 is 0 Å². The summed E-state index contributed by atoms with van der Waals surface area (Å²) in [6.45, 7) is 3.89. The Morgan fingerprint density at radius 3 is 2.27 bits per heavy atom. The highest BCUT2D eigenvalue weighted by Gasteiger charge is 2.26. The number of methoxy groups -OCH3 is 2. The summed E-state index contributed by atoms with van der Waals surface area (Å²) < 4.78 is 15.8. The predicted molar refractivity (Wildman–Crippen MR) is 98.9 cm³/mol. The Morgan fingerprint density at radius 1 is 1.00 bits per heavy atom. The minimum Gasteiger partial charge on any atom is -0.493 e. The highest BCUT2D eigenvalue weighted by molar-refractivity contribution is 6.00. The smallest absolute Gasteiger partial charge is 0.342 e. The third-order valence-electron chi connectivity index (χ3n) is 3.90. The van der Waals surface area contributed by atoms with E-state index in [0.717, 1.165) is 5.69 Å². The Kier molecular flexibility index (Phi) is 6.60. The van der Waals surface area contributed by atoms with Gasteiger partial charge in [0.15, 0.2) is 17.6 Å². The molecule has 2 rings (SSSR count). The number of ether oxygens (including phenoxy) is 3. The van der Waals surface area contributed by atoms with Gasteiger partial charge in [0.1, 0.15) is 5.56 Å². The Balaban J connectivity index is 2.17. The topological polar surface area (TPSA) is 65.1 Å². The van der Waals surface area contributed by atoms with E-state index in [1.807, 2.05) is 37.3 Å². The first-order valence-corrected chi connectivity index (χ1v) is 8.31. The van der Waals surface area contributed by atoms with Gasteiger partial charge in [-0.3, -0.25) is 4.79 Å². The third-order valence-corrected chi connectivity index (χ3v) is 3.90. The number of likely N-dealkylation sites (N-methyl/N-ethyl adjacent to an activating group) is 1. The highest BCUT2D eigenvalue weighted by Crippen LogP contribution is 2.31. The second kappa shape index (κ2) is 8.89. The number of carbonyl (C=O) groups is 2. The lowest BCUT2D eigenvalue weighted by atomic mass is 10.2. The molecule has 0 heterocycles. The van der Waals surface area contributed by atoms with Crippen molar-refractivity contribution in [3.63, 3.8) is 0 Å². The van der Waals surface area contributed by atoms with Crippen LogP contribution in [-0.2, 0) is 9.53 Å². The van der Waals surface area contributed by atoms with E-state index < -0.39 is 12.1 Å². The highest BCUT2D eigenvalue weighted by atomic mass is 16.6.